The maximum absolute atomic E-state index is 11.4. The van der Waals surface area contributed by atoms with Crippen LogP contribution in [0.25, 0.3) is 0 Å². The molecule has 0 aromatic carbocycles. The molecule has 2 fully saturated rings. The number of amides is 3. The van der Waals surface area contributed by atoms with E-state index in [2.05, 4.69) is 22.5 Å². The fourth-order valence-corrected chi connectivity index (χ4v) is 3.92. The van der Waals surface area contributed by atoms with Crippen molar-refractivity contribution in [3.8, 4) is 0 Å². The van der Waals surface area contributed by atoms with Gasteiger partial charge in [-0.15, -0.1) is 6.58 Å². The predicted octanol–water partition coefficient (Wildman–Crippen LogP) is 0.624. The largest absolute Gasteiger partial charge is 0.353 e. The molecule has 0 bridgehead atoms. The summed E-state index contributed by atoms with van der Waals surface area (Å²) in [5.74, 6) is 1.04. The van der Waals surface area contributed by atoms with Gasteiger partial charge in [0.15, 0.2) is 0 Å². The number of nitrogens with one attached hydrogen (secondary N) is 3. The van der Waals surface area contributed by atoms with Crippen molar-refractivity contribution in [2.24, 2.45) is 0 Å². The summed E-state index contributed by atoms with van der Waals surface area (Å²) in [5.41, 5.74) is 0. The van der Waals surface area contributed by atoms with Crippen molar-refractivity contribution in [2.75, 3.05) is 12.3 Å². The molecular formula is C12H19N3O2S. The van der Waals surface area contributed by atoms with Crippen LogP contribution in [0.3, 0.4) is 0 Å². The first-order chi connectivity index (χ1) is 8.70. The van der Waals surface area contributed by atoms with E-state index in [9.17, 15) is 9.59 Å². The third kappa shape index (κ3) is 3.19. The molecule has 0 radical (unpaired) electrons. The van der Waals surface area contributed by atoms with Gasteiger partial charge in [0.1, 0.15) is 0 Å². The van der Waals surface area contributed by atoms with Crippen LogP contribution in [0.4, 0.5) is 4.79 Å². The van der Waals surface area contributed by atoms with Crippen molar-refractivity contribution in [1.82, 2.24) is 16.0 Å². The highest BCUT2D eigenvalue weighted by atomic mass is 32.2. The van der Waals surface area contributed by atoms with E-state index in [0.717, 1.165) is 18.6 Å². The highest BCUT2D eigenvalue weighted by molar-refractivity contribution is 8.00. The normalized spacial score (nSPS) is 29.3. The van der Waals surface area contributed by atoms with E-state index in [-0.39, 0.29) is 24.0 Å². The van der Waals surface area contributed by atoms with E-state index < -0.39 is 0 Å². The van der Waals surface area contributed by atoms with E-state index in [0.29, 0.717) is 18.2 Å². The second kappa shape index (κ2) is 6.13. The summed E-state index contributed by atoms with van der Waals surface area (Å²) in [5, 5.41) is 9.06. The van der Waals surface area contributed by atoms with Gasteiger partial charge >= 0.3 is 6.03 Å². The summed E-state index contributed by atoms with van der Waals surface area (Å²) in [6, 6.07) is 0.444. The summed E-state index contributed by atoms with van der Waals surface area (Å²) < 4.78 is 0. The van der Waals surface area contributed by atoms with Crippen LogP contribution in [-0.2, 0) is 4.79 Å². The third-order valence-corrected chi connectivity index (χ3v) is 4.78. The topological polar surface area (TPSA) is 70.2 Å². The minimum absolute atomic E-state index is 0.0565. The maximum Gasteiger partial charge on any atom is 0.315 e. The number of thioether (sulfide) groups is 1. The monoisotopic (exact) mass is 269 g/mol. The first-order valence-corrected chi connectivity index (χ1v) is 7.32. The highest BCUT2D eigenvalue weighted by Gasteiger charge is 2.42. The van der Waals surface area contributed by atoms with E-state index in [1.54, 1.807) is 6.08 Å². The van der Waals surface area contributed by atoms with Gasteiger partial charge in [0.05, 0.1) is 12.1 Å². The number of fused-ring (bicyclic) bond motifs is 1. The molecule has 3 amide bonds. The molecule has 2 unspecified atom stereocenters. The molecule has 2 aliphatic heterocycles. The summed E-state index contributed by atoms with van der Waals surface area (Å²) in [6.45, 7) is 4.08. The number of hydrogen-bond donors (Lipinski definition) is 3. The molecule has 6 heteroatoms. The highest BCUT2D eigenvalue weighted by Crippen LogP contribution is 2.32. The first kappa shape index (κ1) is 13.3. The Morgan fingerprint density at radius 1 is 1.56 bits per heavy atom. The van der Waals surface area contributed by atoms with Crippen molar-refractivity contribution in [1.29, 1.82) is 0 Å². The van der Waals surface area contributed by atoms with Crippen LogP contribution in [0.15, 0.2) is 12.7 Å². The molecular weight excluding hydrogens is 250 g/mol. The van der Waals surface area contributed by atoms with Crippen LogP contribution in [-0.4, -0.2) is 41.6 Å². The Morgan fingerprint density at radius 3 is 3.17 bits per heavy atom. The van der Waals surface area contributed by atoms with Crippen molar-refractivity contribution in [3.63, 3.8) is 0 Å². The van der Waals surface area contributed by atoms with Gasteiger partial charge in [0.25, 0.3) is 0 Å². The van der Waals surface area contributed by atoms with Gasteiger partial charge in [0.2, 0.25) is 5.91 Å². The lowest BCUT2D eigenvalue weighted by Gasteiger charge is -2.16. The Kier molecular flexibility index (Phi) is 4.52. The SMILES string of the molecule is C=CCNC(=O)CCC[C@@H]1SCC2NC(=O)NC21. The van der Waals surface area contributed by atoms with Crippen molar-refractivity contribution in [2.45, 2.75) is 36.6 Å². The molecule has 0 aromatic rings. The van der Waals surface area contributed by atoms with Gasteiger partial charge < -0.3 is 16.0 Å². The molecule has 5 nitrogen and oxygen atoms in total. The number of carbonyl (C=O) groups is 2. The maximum atomic E-state index is 11.4. The molecule has 0 saturated carbocycles. The minimum Gasteiger partial charge on any atom is -0.353 e. The minimum atomic E-state index is -0.0565. The zero-order chi connectivity index (χ0) is 13.0. The fraction of sp³-hybridized carbons (Fsp3) is 0.667. The Hall–Kier alpha value is -1.17. The quantitative estimate of drug-likeness (QED) is 0.489. The van der Waals surface area contributed by atoms with Gasteiger partial charge in [-0.2, -0.15) is 11.8 Å². The Bertz CT molecular complexity index is 348. The van der Waals surface area contributed by atoms with Crippen LogP contribution in [0, 0.1) is 0 Å². The van der Waals surface area contributed by atoms with Gasteiger partial charge in [-0.25, -0.2) is 4.79 Å². The number of carbonyl (C=O) groups excluding carboxylic acids is 2. The van der Waals surface area contributed by atoms with E-state index in [1.807, 2.05) is 11.8 Å². The molecule has 0 aliphatic carbocycles. The van der Waals surface area contributed by atoms with Gasteiger partial charge in [-0.1, -0.05) is 6.08 Å². The average Bonchev–Trinajstić information content (AvgIpc) is 2.87. The smallest absolute Gasteiger partial charge is 0.315 e. The lowest BCUT2D eigenvalue weighted by atomic mass is 10.0. The molecule has 0 spiro atoms. The zero-order valence-electron chi connectivity index (χ0n) is 10.3. The molecule has 3 N–H and O–H groups in total. The van der Waals surface area contributed by atoms with Crippen LogP contribution < -0.4 is 16.0 Å². The second-order valence-corrected chi connectivity index (χ2v) is 5.88. The standard InChI is InChI=1S/C12H19N3O2S/c1-2-6-13-10(16)5-3-4-9-11-8(7-18-9)14-12(17)15-11/h2,8-9,11H,1,3-7H2,(H,13,16)(H2,14,15,17)/t8?,9-,11?/m0/s1. The van der Waals surface area contributed by atoms with Gasteiger partial charge in [-0.05, 0) is 12.8 Å². The number of hydrogen-bond acceptors (Lipinski definition) is 3. The summed E-state index contributed by atoms with van der Waals surface area (Å²) >= 11 is 1.88. The lowest BCUT2D eigenvalue weighted by Crippen LogP contribution is -2.36. The van der Waals surface area contributed by atoms with Crippen LogP contribution in [0.5, 0.6) is 0 Å². The van der Waals surface area contributed by atoms with Gasteiger partial charge in [-0.3, -0.25) is 4.79 Å². The molecule has 100 valence electrons. The third-order valence-electron chi connectivity index (χ3n) is 3.27. The van der Waals surface area contributed by atoms with Crippen LogP contribution >= 0.6 is 11.8 Å². The summed E-state index contributed by atoms with van der Waals surface area (Å²) in [7, 11) is 0. The number of rotatable bonds is 6. The van der Waals surface area contributed by atoms with E-state index in [4.69, 9.17) is 0 Å². The van der Waals surface area contributed by atoms with Crippen molar-refractivity contribution < 1.29 is 9.59 Å². The molecule has 2 aliphatic rings. The lowest BCUT2D eigenvalue weighted by molar-refractivity contribution is -0.121. The fourth-order valence-electron chi connectivity index (χ4n) is 2.38. The molecule has 2 saturated heterocycles. The summed E-state index contributed by atoms with van der Waals surface area (Å²) in [4.78, 5) is 22.6. The van der Waals surface area contributed by atoms with Crippen LogP contribution in [0.1, 0.15) is 19.3 Å². The van der Waals surface area contributed by atoms with Crippen molar-refractivity contribution >= 4 is 23.7 Å². The van der Waals surface area contributed by atoms with Crippen LogP contribution in [0.2, 0.25) is 0 Å². The Labute approximate surface area is 111 Å². The first-order valence-electron chi connectivity index (χ1n) is 6.27. The van der Waals surface area contributed by atoms with Gasteiger partial charge in [0, 0.05) is 24.0 Å². The average molecular weight is 269 g/mol. The molecule has 18 heavy (non-hydrogen) atoms. The predicted molar refractivity (Wildman–Crippen MR) is 72.5 cm³/mol. The molecule has 0 aromatic heterocycles. The molecule has 2 heterocycles. The summed E-state index contributed by atoms with van der Waals surface area (Å²) in [6.07, 6.45) is 4.05. The Morgan fingerprint density at radius 2 is 2.39 bits per heavy atom. The van der Waals surface area contributed by atoms with E-state index >= 15 is 0 Å². The number of urea groups is 1. The van der Waals surface area contributed by atoms with Crippen molar-refractivity contribution in [3.05, 3.63) is 12.7 Å². The zero-order valence-corrected chi connectivity index (χ0v) is 11.1. The molecule has 2 rings (SSSR count). The molecule has 3 atom stereocenters. The second-order valence-electron chi connectivity index (χ2n) is 4.61. The Balaban J connectivity index is 1.66. The van der Waals surface area contributed by atoms with E-state index in [1.165, 1.54) is 0 Å².